The van der Waals surface area contributed by atoms with Gasteiger partial charge in [0, 0.05) is 41.5 Å². The second-order valence-electron chi connectivity index (χ2n) is 21.0. The zero-order valence-corrected chi connectivity index (χ0v) is 43.7. The molecule has 4 N–H and O–H groups in total. The molecule has 3 aromatic carbocycles. The number of hydrogen-bond donors (Lipinski definition) is 4. The number of nitrogens with one attached hydrogen (secondary N) is 3. The Kier molecular flexibility index (Phi) is 16.8. The lowest BCUT2D eigenvalue weighted by atomic mass is 9.49. The maximum atomic E-state index is 15.0. The van der Waals surface area contributed by atoms with Gasteiger partial charge in [0.05, 0.1) is 38.8 Å². The fourth-order valence-electron chi connectivity index (χ4n) is 9.63. The molecule has 0 bridgehead atoms. The van der Waals surface area contributed by atoms with Crippen LogP contribution in [0.2, 0.25) is 5.02 Å². The number of β-amino-alcohol motifs (C(OH)–C–C–N with tert-alkyl or cyclic N) is 1. The van der Waals surface area contributed by atoms with Crippen LogP contribution in [0.15, 0.2) is 72.2 Å². The number of alkyl halides is 6. The number of nitriles is 1. The molecular weight excluding hydrogens is 1020 g/mol. The van der Waals surface area contributed by atoms with Crippen LogP contribution < -0.4 is 25.4 Å². The molecule has 2 aliphatic rings. The SMILES string of the molecule is Cc1ncsc1-c1ccc(C(C)NC(=O)[C@@H]2C[C@@H](O)CN2C(=O)[C@@H](NC(=O)COCC(F)(F)C(F)(F)C(F)(F)COc2ccc(C(=O)NC3C(C)(C)C(Oc4ccc(C#N)c(Cl)c4)C3(C)C)cc2)C(C)(C)C)cc1. The Bertz CT molecular complexity index is 2730. The summed E-state index contributed by atoms with van der Waals surface area (Å²) in [6.45, 7) is 9.60. The Labute approximate surface area is 434 Å². The van der Waals surface area contributed by atoms with Crippen LogP contribution in [-0.2, 0) is 19.1 Å². The number of aromatic nitrogens is 1. The standard InChI is InChI=1S/C52H59ClF6N6O8S/c1-28(30-10-12-31(13-11-30)40-29(2)61-27-74-40)62-43(69)38-20-34(66)23-65(38)44(70)41(47(3,4)5)63-39(67)24-71-25-50(54,55)52(58,59)51(56,57)26-72-35-17-14-32(15-18-35)42(68)64-45-48(6,7)46(49(45,8)9)73-36-19-16-33(22-60)37(53)21-36/h10-19,21,27-28,34,38,41,45-46,66H,20,23-26H2,1-9H3,(H,62,69)(H,63,67)(H,64,68)/t28?,34-,38+,41-,45?,46?/m1/s1. The number of likely N-dealkylation sites (tertiary alicyclic amines) is 1. The molecule has 6 rings (SSSR count). The Morgan fingerprint density at radius 3 is 2.09 bits per heavy atom. The molecule has 22 heteroatoms. The molecule has 2 heterocycles. The first kappa shape index (κ1) is 57.3. The first-order chi connectivity index (χ1) is 34.3. The van der Waals surface area contributed by atoms with Crippen molar-refractivity contribution >= 4 is 46.6 Å². The van der Waals surface area contributed by atoms with E-state index in [0.717, 1.165) is 38.7 Å². The molecule has 14 nitrogen and oxygen atoms in total. The van der Waals surface area contributed by atoms with Gasteiger partial charge in [-0.3, -0.25) is 19.2 Å². The molecule has 0 radical (unpaired) electrons. The number of rotatable bonds is 19. The minimum absolute atomic E-state index is 0.0448. The lowest BCUT2D eigenvalue weighted by molar-refractivity contribution is -0.324. The second-order valence-corrected chi connectivity index (χ2v) is 22.2. The van der Waals surface area contributed by atoms with Crippen molar-refractivity contribution in [2.75, 3.05) is 26.4 Å². The summed E-state index contributed by atoms with van der Waals surface area (Å²) in [5.41, 5.74) is 2.28. The predicted octanol–water partition coefficient (Wildman–Crippen LogP) is 8.93. The van der Waals surface area contributed by atoms with E-state index in [4.69, 9.17) is 21.1 Å². The van der Waals surface area contributed by atoms with Gasteiger partial charge in [0.2, 0.25) is 17.7 Å². The van der Waals surface area contributed by atoms with E-state index < -0.39 is 120 Å². The molecule has 1 saturated carbocycles. The smallest absolute Gasteiger partial charge is 0.377 e. The summed E-state index contributed by atoms with van der Waals surface area (Å²) in [5, 5.41) is 28.1. The van der Waals surface area contributed by atoms with Crippen LogP contribution in [0.25, 0.3) is 10.4 Å². The van der Waals surface area contributed by atoms with Crippen molar-refractivity contribution < 1.29 is 64.8 Å². The van der Waals surface area contributed by atoms with Gasteiger partial charge in [0.15, 0.2) is 6.61 Å². The third-order valence-electron chi connectivity index (χ3n) is 13.5. The molecule has 4 amide bonds. The summed E-state index contributed by atoms with van der Waals surface area (Å²) in [6, 6.07) is 14.9. The number of aliphatic hydroxyl groups is 1. The van der Waals surface area contributed by atoms with E-state index in [9.17, 15) is 55.9 Å². The van der Waals surface area contributed by atoms with Crippen molar-refractivity contribution in [3.05, 3.63) is 99.6 Å². The maximum absolute atomic E-state index is 15.0. The molecule has 4 aromatic rings. The van der Waals surface area contributed by atoms with E-state index in [2.05, 4.69) is 25.7 Å². The molecule has 2 fully saturated rings. The van der Waals surface area contributed by atoms with Crippen LogP contribution in [0, 0.1) is 34.5 Å². The number of benzene rings is 3. The van der Waals surface area contributed by atoms with Crippen LogP contribution in [-0.4, -0.2) is 113 Å². The van der Waals surface area contributed by atoms with Crippen LogP contribution in [0.1, 0.15) is 95.0 Å². The van der Waals surface area contributed by atoms with Crippen LogP contribution in [0.3, 0.4) is 0 Å². The van der Waals surface area contributed by atoms with E-state index in [0.29, 0.717) is 5.75 Å². The van der Waals surface area contributed by atoms with Gasteiger partial charge < -0.3 is 40.2 Å². The Morgan fingerprint density at radius 1 is 0.919 bits per heavy atom. The summed E-state index contributed by atoms with van der Waals surface area (Å²) in [5.74, 6) is -20.3. The third kappa shape index (κ3) is 12.1. The predicted molar refractivity (Wildman–Crippen MR) is 263 cm³/mol. The largest absolute Gasteiger partial charge is 0.489 e. The topological polar surface area (TPSA) is 192 Å². The molecule has 1 aliphatic carbocycles. The number of hydrogen-bond acceptors (Lipinski definition) is 11. The lowest BCUT2D eigenvalue weighted by Gasteiger charge is -2.63. The first-order valence-corrected chi connectivity index (χ1v) is 24.8. The van der Waals surface area contributed by atoms with Gasteiger partial charge in [-0.05, 0) is 66.8 Å². The van der Waals surface area contributed by atoms with Crippen LogP contribution in [0.5, 0.6) is 11.5 Å². The van der Waals surface area contributed by atoms with Crippen molar-refractivity contribution in [3.8, 4) is 28.0 Å². The Balaban J connectivity index is 0.989. The summed E-state index contributed by atoms with van der Waals surface area (Å²) in [7, 11) is 0. The number of carbonyl (C=O) groups excluding carboxylic acids is 4. The van der Waals surface area contributed by atoms with Gasteiger partial charge >= 0.3 is 17.8 Å². The van der Waals surface area contributed by atoms with E-state index >= 15 is 0 Å². The van der Waals surface area contributed by atoms with E-state index in [1.165, 1.54) is 35.6 Å². The maximum Gasteiger partial charge on any atom is 0.377 e. The van der Waals surface area contributed by atoms with Gasteiger partial charge in [0.1, 0.15) is 49.0 Å². The highest BCUT2D eigenvalue weighted by atomic mass is 35.5. The van der Waals surface area contributed by atoms with E-state index in [-0.39, 0.29) is 29.1 Å². The summed E-state index contributed by atoms with van der Waals surface area (Å²) in [6.07, 6.45) is -1.67. The van der Waals surface area contributed by atoms with Gasteiger partial charge in [-0.1, -0.05) is 84.3 Å². The molecule has 1 aromatic heterocycles. The fraction of sp³-hybridized carbons (Fsp3) is 0.500. The summed E-state index contributed by atoms with van der Waals surface area (Å²) < 4.78 is 105. The molecule has 0 spiro atoms. The van der Waals surface area contributed by atoms with Gasteiger partial charge in [-0.15, -0.1) is 11.3 Å². The number of aliphatic hydroxyl groups excluding tert-OH is 1. The normalized spacial score (nSPS) is 20.4. The molecule has 400 valence electrons. The number of halogens is 7. The molecule has 74 heavy (non-hydrogen) atoms. The third-order valence-corrected chi connectivity index (χ3v) is 14.8. The number of carbonyl (C=O) groups is 4. The number of amides is 4. The highest BCUT2D eigenvalue weighted by Gasteiger charge is 2.72. The number of aryl methyl sites for hydroxylation is 1. The van der Waals surface area contributed by atoms with Crippen molar-refractivity contribution in [2.45, 2.75) is 123 Å². The fourth-order valence-corrected chi connectivity index (χ4v) is 10.6. The minimum Gasteiger partial charge on any atom is -0.489 e. The molecule has 4 atom stereocenters. The van der Waals surface area contributed by atoms with E-state index in [1.54, 1.807) is 39.3 Å². The average Bonchev–Trinajstić information content (AvgIpc) is 3.95. The van der Waals surface area contributed by atoms with Gasteiger partial charge in [-0.25, -0.2) is 4.98 Å². The quantitative estimate of drug-likeness (QED) is 0.0660. The number of thiazole rings is 1. The highest BCUT2D eigenvalue weighted by Crippen LogP contribution is 2.56. The molecular formula is C52H59ClF6N6O8S. The van der Waals surface area contributed by atoms with Crippen molar-refractivity contribution in [3.63, 3.8) is 0 Å². The van der Waals surface area contributed by atoms with Crippen LogP contribution >= 0.6 is 22.9 Å². The zero-order valence-electron chi connectivity index (χ0n) is 42.1. The monoisotopic (exact) mass is 1080 g/mol. The van der Waals surface area contributed by atoms with Crippen molar-refractivity contribution in [1.82, 2.24) is 25.8 Å². The van der Waals surface area contributed by atoms with Gasteiger partial charge in [-0.2, -0.15) is 31.6 Å². The average molecular weight is 1080 g/mol. The summed E-state index contributed by atoms with van der Waals surface area (Å²) >= 11 is 7.66. The Hall–Kier alpha value is -5.95. The minimum atomic E-state index is -6.06. The van der Waals surface area contributed by atoms with Crippen molar-refractivity contribution in [2.24, 2.45) is 16.2 Å². The molecule has 1 unspecified atom stereocenters. The van der Waals surface area contributed by atoms with E-state index in [1.807, 2.05) is 65.0 Å². The Morgan fingerprint density at radius 2 is 1.53 bits per heavy atom. The zero-order chi connectivity index (χ0) is 54.9. The number of ether oxygens (including phenoxy) is 3. The molecule has 1 aliphatic heterocycles. The van der Waals surface area contributed by atoms with Crippen LogP contribution in [0.4, 0.5) is 26.3 Å². The summed E-state index contributed by atoms with van der Waals surface area (Å²) in [4.78, 5) is 60.3. The lowest BCUT2D eigenvalue weighted by Crippen LogP contribution is -2.74. The van der Waals surface area contributed by atoms with Crippen molar-refractivity contribution in [1.29, 1.82) is 5.26 Å². The molecule has 1 saturated heterocycles. The first-order valence-electron chi connectivity index (χ1n) is 23.5. The highest BCUT2D eigenvalue weighted by molar-refractivity contribution is 7.13. The number of nitrogens with zero attached hydrogens (tertiary/aromatic N) is 3. The second kappa shape index (κ2) is 21.7. The van der Waals surface area contributed by atoms with Gasteiger partial charge in [0.25, 0.3) is 5.91 Å².